The third-order valence-corrected chi connectivity index (χ3v) is 6.07. The van der Waals surface area contributed by atoms with Gasteiger partial charge >= 0.3 is 0 Å². The molecule has 1 aliphatic heterocycles. The molecule has 0 aromatic carbocycles. The van der Waals surface area contributed by atoms with Crippen LogP contribution in [-0.2, 0) is 17.6 Å². The van der Waals surface area contributed by atoms with E-state index in [1.807, 2.05) is 48.5 Å². The highest BCUT2D eigenvalue weighted by molar-refractivity contribution is 7.10. The van der Waals surface area contributed by atoms with Gasteiger partial charge in [0.2, 0.25) is 5.91 Å². The van der Waals surface area contributed by atoms with Crippen LogP contribution in [0.25, 0.3) is 11.5 Å². The summed E-state index contributed by atoms with van der Waals surface area (Å²) in [4.78, 5) is 32.6. The Balaban J connectivity index is 1.36. The number of aromatic amines is 1. The topological polar surface area (TPSA) is 74.8 Å². The summed E-state index contributed by atoms with van der Waals surface area (Å²) in [6, 6.07) is 6.00. The molecular weight excluding hydrogens is 370 g/mol. The molecule has 28 heavy (non-hydrogen) atoms. The van der Waals surface area contributed by atoms with Crippen molar-refractivity contribution in [2.24, 2.45) is 5.92 Å². The Bertz CT molecular complexity index is 942. The molecule has 6 nitrogen and oxygen atoms in total. The largest absolute Gasteiger partial charge is 0.342 e. The second-order valence-electron chi connectivity index (χ2n) is 7.51. The minimum absolute atomic E-state index is 0.239. The molecule has 0 radical (unpaired) electrons. The number of aryl methyl sites for hydroxylation is 2. The molecule has 0 aliphatic carbocycles. The van der Waals surface area contributed by atoms with Crippen molar-refractivity contribution in [1.29, 1.82) is 0 Å². The number of carbonyl (C=O) groups is 1. The lowest BCUT2D eigenvalue weighted by atomic mass is 9.93. The molecule has 7 heteroatoms. The number of rotatable bonds is 5. The van der Waals surface area contributed by atoms with Crippen molar-refractivity contribution in [3.05, 3.63) is 51.9 Å². The number of amides is 1. The number of carbonyl (C=O) groups excluding carboxylic acids is 1. The van der Waals surface area contributed by atoms with Gasteiger partial charge in [0.1, 0.15) is 11.5 Å². The summed E-state index contributed by atoms with van der Waals surface area (Å²) in [5.41, 5.74) is 2.82. The fraction of sp³-hybridized carbons (Fsp3) is 0.429. The Hall–Kier alpha value is -2.54. The van der Waals surface area contributed by atoms with Crippen LogP contribution in [0.3, 0.4) is 0 Å². The summed E-state index contributed by atoms with van der Waals surface area (Å²) in [6.45, 7) is 5.63. The molecular formula is C21H25N5OS. The van der Waals surface area contributed by atoms with Crippen LogP contribution >= 0.6 is 11.3 Å². The molecule has 4 heterocycles. The number of nitrogens with one attached hydrogen (secondary N) is 1. The Morgan fingerprint density at radius 2 is 2.11 bits per heavy atom. The maximum Gasteiger partial charge on any atom is 0.227 e. The monoisotopic (exact) mass is 395 g/mol. The van der Waals surface area contributed by atoms with Gasteiger partial charge < -0.3 is 9.88 Å². The molecule has 0 saturated carbocycles. The second kappa shape index (κ2) is 8.22. The normalized spacial score (nSPS) is 15.1. The number of likely N-dealkylation sites (tertiary alicyclic amines) is 1. The summed E-state index contributed by atoms with van der Waals surface area (Å²) in [5, 5.41) is 2.02. The van der Waals surface area contributed by atoms with Crippen LogP contribution < -0.4 is 0 Å². The van der Waals surface area contributed by atoms with Gasteiger partial charge in [-0.3, -0.25) is 4.79 Å². The molecule has 3 aromatic heterocycles. The van der Waals surface area contributed by atoms with Crippen molar-refractivity contribution in [3.8, 4) is 11.5 Å². The van der Waals surface area contributed by atoms with E-state index in [1.165, 1.54) is 0 Å². The lowest BCUT2D eigenvalue weighted by Gasteiger charge is -2.31. The quantitative estimate of drug-likeness (QED) is 0.717. The first-order valence-electron chi connectivity index (χ1n) is 9.73. The van der Waals surface area contributed by atoms with Crippen molar-refractivity contribution in [3.63, 3.8) is 0 Å². The summed E-state index contributed by atoms with van der Waals surface area (Å²) in [6.07, 6.45) is 5.19. The summed E-state index contributed by atoms with van der Waals surface area (Å²) >= 11 is 1.65. The van der Waals surface area contributed by atoms with Crippen molar-refractivity contribution < 1.29 is 4.79 Å². The molecule has 0 bridgehead atoms. The third-order valence-electron chi connectivity index (χ3n) is 5.19. The van der Waals surface area contributed by atoms with Crippen LogP contribution in [0.5, 0.6) is 0 Å². The SMILES string of the molecule is Cc1cc(-c2ncc(C)[nH]2)nc(CC2CCN(C(=O)Cc3cccs3)CC2)n1. The van der Waals surface area contributed by atoms with E-state index in [9.17, 15) is 4.79 Å². The van der Waals surface area contributed by atoms with Crippen molar-refractivity contribution in [2.75, 3.05) is 13.1 Å². The molecule has 1 amide bonds. The van der Waals surface area contributed by atoms with E-state index < -0.39 is 0 Å². The lowest BCUT2D eigenvalue weighted by Crippen LogP contribution is -2.39. The van der Waals surface area contributed by atoms with E-state index in [0.29, 0.717) is 12.3 Å². The number of imidazole rings is 1. The molecule has 4 rings (SSSR count). The van der Waals surface area contributed by atoms with Gasteiger partial charge in [-0.1, -0.05) is 6.07 Å². The van der Waals surface area contributed by atoms with Gasteiger partial charge in [-0.05, 0) is 50.1 Å². The summed E-state index contributed by atoms with van der Waals surface area (Å²) < 4.78 is 0. The van der Waals surface area contributed by atoms with Gasteiger partial charge in [-0.25, -0.2) is 15.0 Å². The molecule has 0 unspecified atom stereocenters. The van der Waals surface area contributed by atoms with E-state index in [-0.39, 0.29) is 5.91 Å². The molecule has 1 saturated heterocycles. The van der Waals surface area contributed by atoms with E-state index >= 15 is 0 Å². The number of H-pyrrole nitrogens is 1. The maximum atomic E-state index is 12.5. The number of thiophene rings is 1. The zero-order chi connectivity index (χ0) is 19.5. The van der Waals surface area contributed by atoms with Gasteiger partial charge in [0.15, 0.2) is 5.82 Å². The van der Waals surface area contributed by atoms with Crippen molar-refractivity contribution in [2.45, 2.75) is 39.5 Å². The van der Waals surface area contributed by atoms with Crippen LogP contribution in [0.2, 0.25) is 0 Å². The zero-order valence-electron chi connectivity index (χ0n) is 16.3. The standard InChI is InChI=1S/C21H25N5OS/c1-14-10-18(21-22-13-15(2)24-21)25-19(23-14)11-16-5-7-26(8-6-16)20(27)12-17-4-3-9-28-17/h3-4,9-10,13,16H,5-8,11-12H2,1-2H3,(H,22,24). The van der Waals surface area contributed by atoms with Crippen LogP contribution in [0.1, 0.15) is 34.9 Å². The maximum absolute atomic E-state index is 12.5. The van der Waals surface area contributed by atoms with Gasteiger partial charge in [0, 0.05) is 42.0 Å². The van der Waals surface area contributed by atoms with E-state index in [4.69, 9.17) is 4.98 Å². The second-order valence-corrected chi connectivity index (χ2v) is 8.54. The molecule has 3 aromatic rings. The average Bonchev–Trinajstić information content (AvgIpc) is 3.33. The Morgan fingerprint density at radius 1 is 1.29 bits per heavy atom. The highest BCUT2D eigenvalue weighted by Gasteiger charge is 2.24. The third kappa shape index (κ3) is 4.47. The van der Waals surface area contributed by atoms with E-state index in [2.05, 4.69) is 15.0 Å². The van der Waals surface area contributed by atoms with Gasteiger partial charge in [0.25, 0.3) is 0 Å². The van der Waals surface area contributed by atoms with Crippen LogP contribution in [-0.4, -0.2) is 43.8 Å². The van der Waals surface area contributed by atoms with Crippen LogP contribution in [0, 0.1) is 19.8 Å². The van der Waals surface area contributed by atoms with Crippen LogP contribution in [0.15, 0.2) is 29.8 Å². The number of piperidine rings is 1. The average molecular weight is 396 g/mol. The van der Waals surface area contributed by atoms with E-state index in [0.717, 1.165) is 66.0 Å². The number of hydrogen-bond acceptors (Lipinski definition) is 5. The predicted molar refractivity (Wildman–Crippen MR) is 110 cm³/mol. The van der Waals surface area contributed by atoms with Crippen molar-refractivity contribution >= 4 is 17.2 Å². The molecule has 146 valence electrons. The van der Waals surface area contributed by atoms with Gasteiger partial charge in [-0.15, -0.1) is 11.3 Å². The van der Waals surface area contributed by atoms with Crippen molar-refractivity contribution in [1.82, 2.24) is 24.8 Å². The Kier molecular flexibility index (Phi) is 5.52. The molecule has 1 N–H and O–H groups in total. The van der Waals surface area contributed by atoms with E-state index in [1.54, 1.807) is 11.3 Å². The number of aromatic nitrogens is 4. The zero-order valence-corrected chi connectivity index (χ0v) is 17.1. The first kappa shape index (κ1) is 18.8. The minimum atomic E-state index is 0.239. The first-order valence-corrected chi connectivity index (χ1v) is 10.6. The summed E-state index contributed by atoms with van der Waals surface area (Å²) in [5.74, 6) is 2.41. The minimum Gasteiger partial charge on any atom is -0.342 e. The van der Waals surface area contributed by atoms with Gasteiger partial charge in [-0.2, -0.15) is 0 Å². The first-order chi connectivity index (χ1) is 13.6. The summed E-state index contributed by atoms with van der Waals surface area (Å²) in [7, 11) is 0. The van der Waals surface area contributed by atoms with Gasteiger partial charge in [0.05, 0.1) is 6.42 Å². The fourth-order valence-electron chi connectivity index (χ4n) is 3.70. The predicted octanol–water partition coefficient (Wildman–Crippen LogP) is 3.57. The highest BCUT2D eigenvalue weighted by Crippen LogP contribution is 2.23. The molecule has 0 spiro atoms. The lowest BCUT2D eigenvalue weighted by molar-refractivity contribution is -0.131. The number of hydrogen-bond donors (Lipinski definition) is 1. The Labute approximate surface area is 169 Å². The number of nitrogens with zero attached hydrogens (tertiary/aromatic N) is 4. The highest BCUT2D eigenvalue weighted by atomic mass is 32.1. The molecule has 1 aliphatic rings. The fourth-order valence-corrected chi connectivity index (χ4v) is 4.40. The smallest absolute Gasteiger partial charge is 0.227 e. The van der Waals surface area contributed by atoms with Crippen LogP contribution in [0.4, 0.5) is 0 Å². The molecule has 0 atom stereocenters. The molecule has 1 fully saturated rings. The Morgan fingerprint density at radius 3 is 2.79 bits per heavy atom.